The minimum absolute atomic E-state index is 0.0509. The van der Waals surface area contributed by atoms with Crippen LogP contribution < -0.4 is 5.73 Å². The van der Waals surface area contributed by atoms with Crippen LogP contribution in [0.1, 0.15) is 69.5 Å². The fourth-order valence-corrected chi connectivity index (χ4v) is 16.3. The molecule has 0 saturated heterocycles. The third kappa shape index (κ3) is 15.7. The van der Waals surface area contributed by atoms with Gasteiger partial charge in [0.05, 0.1) is 90.4 Å². The molecule has 0 aliphatic heterocycles. The molecule has 1 saturated carbocycles. The molecular weight excluding hydrogens is 1180 g/mol. The number of sulfone groups is 1. The molecule has 7 aromatic heterocycles. The first-order valence-electron chi connectivity index (χ1n) is 25.1. The van der Waals surface area contributed by atoms with Crippen molar-refractivity contribution in [3.63, 3.8) is 0 Å². The Bertz CT molecular complexity index is 3640. The first-order chi connectivity index (χ1) is 38.6. The zero-order valence-electron chi connectivity index (χ0n) is 44.6. The second kappa shape index (κ2) is 29.6. The molecule has 27 heteroatoms. The molecule has 1 aliphatic carbocycles. The predicted octanol–water partition coefficient (Wildman–Crippen LogP) is 11.8. The molecule has 0 bridgehead atoms. The number of aromatic amines is 1. The topological polar surface area (TPSA) is 262 Å². The van der Waals surface area contributed by atoms with Crippen LogP contribution in [0.4, 0.5) is 11.4 Å². The van der Waals surface area contributed by atoms with Gasteiger partial charge >= 0.3 is 5.22 Å². The van der Waals surface area contributed by atoms with Crippen molar-refractivity contribution in [3.05, 3.63) is 119 Å². The van der Waals surface area contributed by atoms with Crippen molar-refractivity contribution in [2.24, 2.45) is 0 Å². The number of benzene rings is 2. The van der Waals surface area contributed by atoms with E-state index in [1.165, 1.54) is 22.7 Å². The van der Waals surface area contributed by atoms with Gasteiger partial charge in [-0.3, -0.25) is 17.6 Å². The van der Waals surface area contributed by atoms with Crippen LogP contribution in [0.2, 0.25) is 0 Å². The average Bonchev–Trinajstić information content (AvgIpc) is 4.14. The van der Waals surface area contributed by atoms with Gasteiger partial charge in [0.2, 0.25) is 26.5 Å². The number of nitrogen functional groups attached to an aromatic ring is 1. The van der Waals surface area contributed by atoms with Gasteiger partial charge in [0.1, 0.15) is 14.9 Å². The van der Waals surface area contributed by atoms with Crippen molar-refractivity contribution in [1.82, 2.24) is 50.1 Å². The van der Waals surface area contributed by atoms with Crippen molar-refractivity contribution in [1.29, 1.82) is 0 Å². The number of hydrogen-bond acceptors (Lipinski definition) is 19. The number of anilines is 1. The van der Waals surface area contributed by atoms with E-state index in [9.17, 15) is 21.0 Å². The summed E-state index contributed by atoms with van der Waals surface area (Å²) in [5.41, 5.74) is 12.3. The summed E-state index contributed by atoms with van der Waals surface area (Å²) in [7, 11) is -5.22. The van der Waals surface area contributed by atoms with Crippen molar-refractivity contribution in [2.75, 3.05) is 42.6 Å². The number of ether oxygens (including phenoxy) is 1. The highest BCUT2D eigenvalue weighted by molar-refractivity contribution is 7.91. The summed E-state index contributed by atoms with van der Waals surface area (Å²) in [5, 5.41) is 16.7. The molecule has 422 valence electrons. The van der Waals surface area contributed by atoms with Crippen LogP contribution >= 0.6 is 45.6 Å². The fraction of sp³-hybridized carbons (Fsp3) is 0.340. The van der Waals surface area contributed by atoms with Crippen LogP contribution in [0, 0.1) is 20.4 Å². The Labute approximate surface area is 489 Å². The van der Waals surface area contributed by atoms with Gasteiger partial charge in [-0.2, -0.15) is 5.21 Å². The minimum atomic E-state index is -3.49. The van der Waals surface area contributed by atoms with Gasteiger partial charge in [0, 0.05) is 63.8 Å². The van der Waals surface area contributed by atoms with E-state index < -0.39 is 42.2 Å². The van der Waals surface area contributed by atoms with Gasteiger partial charge in [-0.25, -0.2) is 33.2 Å². The Morgan fingerprint density at radius 1 is 0.912 bits per heavy atom. The molecule has 3 N–H and O–H groups in total. The van der Waals surface area contributed by atoms with Crippen LogP contribution in [0.3, 0.4) is 0 Å². The molecule has 3 unspecified atom stereocenters. The highest BCUT2D eigenvalue weighted by Crippen LogP contribution is 2.47. The zero-order valence-corrected chi connectivity index (χ0v) is 51.1. The number of unbranched alkanes of at least 4 members (excludes halogenated alkanes) is 1. The Hall–Kier alpha value is -6.02. The highest BCUT2D eigenvalue weighted by Gasteiger charge is 2.34. The number of aromatic nitrogens is 10. The molecule has 9 aromatic rings. The fourth-order valence-electron chi connectivity index (χ4n) is 7.45. The lowest BCUT2D eigenvalue weighted by atomic mass is 10.1. The third-order valence-corrected chi connectivity index (χ3v) is 21.4. The maximum Gasteiger partial charge on any atom is 0.315 e. The normalized spacial score (nSPS) is 13.2. The second-order valence-electron chi connectivity index (χ2n) is 17.8. The maximum atomic E-state index is 12.8. The van der Waals surface area contributed by atoms with Gasteiger partial charge < -0.3 is 19.5 Å². The molecule has 1 aliphatic rings. The highest BCUT2D eigenvalue weighted by atomic mass is 35.5. The van der Waals surface area contributed by atoms with Gasteiger partial charge in [-0.1, -0.05) is 80.1 Å². The molecule has 2 aromatic carbocycles. The number of nitrogens with zero attached hydrogens (tertiary/aromatic N) is 10. The SMILES string of the molecule is CCCCS(=O)c1nc(-c2ccccc2)c(C)s1.COCCS(=O)c1nc(-c2nccs2)c(-c2ccccn2)n1C(C)C.Cc1nc(S(=O)(=O)CCCCl)oc1-c1ccccc1.[C-]#[N+]c1c(-c2nn[nH]n2)sc(S(=O)C2CC2)c1N. The number of pyridine rings is 1. The molecule has 10 rings (SSSR count). The number of imidazole rings is 1. The van der Waals surface area contributed by atoms with Crippen LogP contribution in [0.15, 0.2) is 120 Å². The summed E-state index contributed by atoms with van der Waals surface area (Å²) in [6.07, 6.45) is 7.85. The first kappa shape index (κ1) is 61.6. The second-order valence-corrected chi connectivity index (χ2v) is 28.4. The number of thiazole rings is 2. The number of H-pyrrole nitrogens is 1. The lowest BCUT2D eigenvalue weighted by Crippen LogP contribution is -2.13. The van der Waals surface area contributed by atoms with E-state index in [1.54, 1.807) is 37.8 Å². The van der Waals surface area contributed by atoms with Crippen molar-refractivity contribution >= 4 is 99.2 Å². The molecule has 19 nitrogen and oxygen atoms in total. The van der Waals surface area contributed by atoms with Crippen molar-refractivity contribution in [2.45, 2.75) is 96.9 Å². The van der Waals surface area contributed by atoms with Gasteiger partial charge in [-0.15, -0.1) is 55.8 Å². The smallest absolute Gasteiger partial charge is 0.315 e. The average molecular weight is 1240 g/mol. The molecule has 1 fully saturated rings. The number of oxazole rings is 1. The molecule has 7 heterocycles. The van der Waals surface area contributed by atoms with E-state index in [2.05, 4.69) is 66.2 Å². The number of rotatable bonds is 20. The monoisotopic (exact) mass is 1230 g/mol. The molecule has 0 radical (unpaired) electrons. The minimum Gasteiger partial charge on any atom is -0.428 e. The number of halogens is 1. The lowest BCUT2D eigenvalue weighted by Gasteiger charge is -2.15. The summed E-state index contributed by atoms with van der Waals surface area (Å²) in [5.74, 6) is 2.17. The summed E-state index contributed by atoms with van der Waals surface area (Å²) in [6, 6.07) is 25.2. The van der Waals surface area contributed by atoms with E-state index in [-0.39, 0.29) is 28.0 Å². The standard InChI is InChI=1S/C17H20N4O2S2.C14H17NOS2.C13H14ClNO3S.C9H8N6OS2/c1-12(2)21-15(13-6-4-5-7-18-13)14(16-19-8-10-24-16)20-17(21)25(22)11-9-23-3;1-3-4-10-18(16)14-15-13(11(2)17-14)12-8-6-5-7-9-12;1-10-12(11-6-3-2-4-7-11)18-13(15-10)19(16,17)9-5-8-14;1-11-6-5(10)9(18(16)4-2-3-4)17-7(6)8-12-14-15-13-8/h4-8,10,12H,9,11H2,1-3H3;5-9H,3-4,10H2,1-2H3;2-4,6-7H,5,8-9H2,1H3;4H,2-3,10H2,(H,12,13,14,15). The van der Waals surface area contributed by atoms with E-state index in [0.717, 1.165) is 79.6 Å². The van der Waals surface area contributed by atoms with Crippen molar-refractivity contribution < 1.29 is 30.2 Å². The van der Waals surface area contributed by atoms with E-state index in [0.29, 0.717) is 61.9 Å². The number of nitrogens with two attached hydrogens (primary N) is 1. The maximum absolute atomic E-state index is 12.8. The number of tetrazole rings is 1. The van der Waals surface area contributed by atoms with Crippen LogP contribution in [0.5, 0.6) is 0 Å². The molecule has 0 spiro atoms. The lowest BCUT2D eigenvalue weighted by molar-refractivity contribution is 0.218. The number of hydrogen-bond donors (Lipinski definition) is 2. The van der Waals surface area contributed by atoms with E-state index >= 15 is 0 Å². The molecule has 0 amide bonds. The quantitative estimate of drug-likeness (QED) is 0.0531. The van der Waals surface area contributed by atoms with Gasteiger partial charge in [-0.05, 0) is 70.7 Å². The molecular formula is C53H59ClN12O7S7. The van der Waals surface area contributed by atoms with E-state index in [4.69, 9.17) is 38.0 Å². The summed E-state index contributed by atoms with van der Waals surface area (Å²) < 4.78 is 74.8. The van der Waals surface area contributed by atoms with E-state index in [1.807, 2.05) is 95.7 Å². The van der Waals surface area contributed by atoms with Gasteiger partial charge in [0.15, 0.2) is 10.1 Å². The van der Waals surface area contributed by atoms with Crippen LogP contribution in [-0.2, 0) is 47.0 Å². The van der Waals surface area contributed by atoms with Crippen LogP contribution in [0.25, 0.3) is 60.2 Å². The first-order valence-corrected chi connectivity index (χ1v) is 33.6. The molecule has 3 atom stereocenters. The predicted molar refractivity (Wildman–Crippen MR) is 320 cm³/mol. The number of nitrogens with one attached hydrogen (secondary N) is 1. The molecule has 80 heavy (non-hydrogen) atoms. The third-order valence-electron chi connectivity index (χ3n) is 11.5. The number of aryl methyl sites for hydroxylation is 2. The Morgan fingerprint density at radius 2 is 1.62 bits per heavy atom. The largest absolute Gasteiger partial charge is 0.428 e. The summed E-state index contributed by atoms with van der Waals surface area (Å²) in [6.45, 7) is 17.6. The Morgan fingerprint density at radius 3 is 2.21 bits per heavy atom. The van der Waals surface area contributed by atoms with Crippen molar-refractivity contribution in [3.8, 4) is 55.4 Å². The Kier molecular flexibility index (Phi) is 22.8. The summed E-state index contributed by atoms with van der Waals surface area (Å²) >= 11 is 9.80. The summed E-state index contributed by atoms with van der Waals surface area (Å²) in [4.78, 5) is 27.2. The van der Waals surface area contributed by atoms with Crippen LogP contribution in [-0.4, -0.2) is 113 Å². The zero-order chi connectivity index (χ0) is 57.3. The van der Waals surface area contributed by atoms with Gasteiger partial charge in [0.25, 0.3) is 0 Å². The number of methoxy groups -OCH3 is 1. The number of thiophene rings is 1. The Balaban J connectivity index is 0.000000156. The number of alkyl halides is 1.